The maximum atomic E-state index is 5.19. The van der Waals surface area contributed by atoms with Gasteiger partial charge in [-0.2, -0.15) is 0 Å². The van der Waals surface area contributed by atoms with Crippen LogP contribution in [0.15, 0.2) is 35.3 Å². The van der Waals surface area contributed by atoms with E-state index in [1.807, 2.05) is 18.2 Å². The summed E-state index contributed by atoms with van der Waals surface area (Å²) >= 11 is 1.69. The van der Waals surface area contributed by atoms with E-state index in [0.717, 1.165) is 5.75 Å². The monoisotopic (exact) mass is 195 g/mol. The van der Waals surface area contributed by atoms with Crippen molar-refractivity contribution in [2.24, 2.45) is 16.5 Å². The van der Waals surface area contributed by atoms with E-state index in [0.29, 0.717) is 5.88 Å². The summed E-state index contributed by atoms with van der Waals surface area (Å²) in [5.74, 6) is 1.72. The molecule has 1 aromatic carbocycles. The molecular weight excluding hydrogens is 182 g/mol. The zero-order chi connectivity index (χ0) is 9.52. The Kier molecular flexibility index (Phi) is 4.18. The number of hydrogen-bond donors (Lipinski definition) is 2. The highest BCUT2D eigenvalue weighted by Gasteiger charge is 1.90. The van der Waals surface area contributed by atoms with Gasteiger partial charge in [0.1, 0.15) is 0 Å². The van der Waals surface area contributed by atoms with Crippen molar-refractivity contribution >= 4 is 17.7 Å². The largest absolute Gasteiger partial charge is 0.370 e. The lowest BCUT2D eigenvalue weighted by atomic mass is 10.2. The average molecular weight is 195 g/mol. The fourth-order valence-corrected chi connectivity index (χ4v) is 1.62. The van der Waals surface area contributed by atoms with Crippen LogP contribution in [0, 0.1) is 0 Å². The third-order valence-electron chi connectivity index (χ3n) is 1.45. The van der Waals surface area contributed by atoms with Gasteiger partial charge in [-0.25, -0.2) is 4.99 Å². The van der Waals surface area contributed by atoms with Crippen LogP contribution in [-0.2, 0) is 5.75 Å². The molecule has 0 spiro atoms. The molecule has 0 fully saturated rings. The molecule has 3 nitrogen and oxygen atoms in total. The molecule has 0 amide bonds. The van der Waals surface area contributed by atoms with E-state index in [-0.39, 0.29) is 5.96 Å². The fourth-order valence-electron chi connectivity index (χ4n) is 0.858. The molecule has 0 aliphatic heterocycles. The molecule has 0 aromatic heterocycles. The molecular formula is C9H13N3S. The van der Waals surface area contributed by atoms with Gasteiger partial charge in [0.2, 0.25) is 0 Å². The summed E-state index contributed by atoms with van der Waals surface area (Å²) in [4.78, 5) is 3.87. The number of benzene rings is 1. The number of nitrogens with two attached hydrogens (primary N) is 2. The maximum Gasteiger partial charge on any atom is 0.186 e. The van der Waals surface area contributed by atoms with Crippen molar-refractivity contribution in [3.05, 3.63) is 35.9 Å². The quantitative estimate of drug-likeness (QED) is 0.430. The normalized spacial score (nSPS) is 9.54. The SMILES string of the molecule is NC(N)=NCSCc1ccccc1. The lowest BCUT2D eigenvalue weighted by Gasteiger charge is -1.98. The van der Waals surface area contributed by atoms with Crippen LogP contribution in [0.25, 0.3) is 0 Å². The Bertz CT molecular complexity index is 267. The minimum absolute atomic E-state index is 0.153. The lowest BCUT2D eigenvalue weighted by Crippen LogP contribution is -2.22. The number of hydrogen-bond acceptors (Lipinski definition) is 2. The van der Waals surface area contributed by atoms with E-state index in [2.05, 4.69) is 17.1 Å². The molecule has 1 aromatic rings. The average Bonchev–Trinajstić information content (AvgIpc) is 2.14. The summed E-state index contributed by atoms with van der Waals surface area (Å²) in [6.45, 7) is 0. The van der Waals surface area contributed by atoms with Crippen molar-refractivity contribution in [3.63, 3.8) is 0 Å². The standard InChI is InChI=1S/C9H13N3S/c10-9(11)12-7-13-6-8-4-2-1-3-5-8/h1-5H,6-7H2,(H4,10,11,12). The van der Waals surface area contributed by atoms with Gasteiger partial charge in [-0.3, -0.25) is 0 Å². The van der Waals surface area contributed by atoms with E-state index in [9.17, 15) is 0 Å². The van der Waals surface area contributed by atoms with Crippen molar-refractivity contribution in [1.82, 2.24) is 0 Å². The Labute approximate surface area is 82.2 Å². The zero-order valence-electron chi connectivity index (χ0n) is 7.31. The van der Waals surface area contributed by atoms with Crippen LogP contribution in [0.3, 0.4) is 0 Å². The van der Waals surface area contributed by atoms with Gasteiger partial charge < -0.3 is 11.5 Å². The van der Waals surface area contributed by atoms with Gasteiger partial charge in [0.05, 0.1) is 5.88 Å². The number of aliphatic imine (C=N–C) groups is 1. The Morgan fingerprint density at radius 3 is 2.54 bits per heavy atom. The van der Waals surface area contributed by atoms with Gasteiger partial charge >= 0.3 is 0 Å². The molecule has 4 N–H and O–H groups in total. The molecule has 0 aliphatic rings. The molecule has 0 heterocycles. The number of rotatable bonds is 4. The summed E-state index contributed by atoms with van der Waals surface area (Å²) in [6.07, 6.45) is 0. The van der Waals surface area contributed by atoms with Gasteiger partial charge in [-0.15, -0.1) is 11.8 Å². The predicted octanol–water partition coefficient (Wildman–Crippen LogP) is 1.15. The maximum absolute atomic E-state index is 5.19. The van der Waals surface area contributed by atoms with Crippen molar-refractivity contribution < 1.29 is 0 Å². The van der Waals surface area contributed by atoms with Crippen molar-refractivity contribution in [2.45, 2.75) is 5.75 Å². The van der Waals surface area contributed by atoms with Crippen LogP contribution in [0.4, 0.5) is 0 Å². The second-order valence-electron chi connectivity index (χ2n) is 2.55. The molecule has 0 bridgehead atoms. The first-order valence-corrected chi connectivity index (χ1v) is 5.11. The van der Waals surface area contributed by atoms with Gasteiger partial charge in [0, 0.05) is 5.75 Å². The van der Waals surface area contributed by atoms with E-state index in [1.54, 1.807) is 11.8 Å². The highest BCUT2D eigenvalue weighted by molar-refractivity contribution is 7.98. The van der Waals surface area contributed by atoms with Crippen molar-refractivity contribution in [3.8, 4) is 0 Å². The van der Waals surface area contributed by atoms with E-state index < -0.39 is 0 Å². The van der Waals surface area contributed by atoms with Crippen LogP contribution in [0.1, 0.15) is 5.56 Å². The molecule has 13 heavy (non-hydrogen) atoms. The smallest absolute Gasteiger partial charge is 0.186 e. The minimum atomic E-state index is 0.153. The zero-order valence-corrected chi connectivity index (χ0v) is 8.13. The molecule has 1 rings (SSSR count). The topological polar surface area (TPSA) is 64.4 Å². The van der Waals surface area contributed by atoms with E-state index >= 15 is 0 Å². The first kappa shape index (κ1) is 9.92. The van der Waals surface area contributed by atoms with Crippen molar-refractivity contribution in [2.75, 3.05) is 5.88 Å². The van der Waals surface area contributed by atoms with Gasteiger partial charge in [-0.1, -0.05) is 30.3 Å². The second-order valence-corrected chi connectivity index (χ2v) is 3.50. The predicted molar refractivity (Wildman–Crippen MR) is 58.4 cm³/mol. The highest BCUT2D eigenvalue weighted by Crippen LogP contribution is 2.10. The molecule has 0 saturated heterocycles. The first-order valence-electron chi connectivity index (χ1n) is 3.96. The Morgan fingerprint density at radius 1 is 1.23 bits per heavy atom. The third kappa shape index (κ3) is 4.42. The van der Waals surface area contributed by atoms with Gasteiger partial charge in [0.15, 0.2) is 5.96 Å². The van der Waals surface area contributed by atoms with Crippen molar-refractivity contribution in [1.29, 1.82) is 0 Å². The summed E-state index contributed by atoms with van der Waals surface area (Å²) in [5, 5.41) is 0. The van der Waals surface area contributed by atoms with Crippen LogP contribution >= 0.6 is 11.8 Å². The third-order valence-corrected chi connectivity index (χ3v) is 2.30. The molecule has 0 unspecified atom stereocenters. The molecule has 0 radical (unpaired) electrons. The summed E-state index contributed by atoms with van der Waals surface area (Å²) in [6, 6.07) is 10.2. The first-order chi connectivity index (χ1) is 6.29. The molecule has 0 aliphatic carbocycles. The number of nitrogens with zero attached hydrogens (tertiary/aromatic N) is 1. The van der Waals surface area contributed by atoms with Crippen LogP contribution in [-0.4, -0.2) is 11.8 Å². The number of thioether (sulfide) groups is 1. The van der Waals surface area contributed by atoms with E-state index in [1.165, 1.54) is 5.56 Å². The molecule has 4 heteroatoms. The fraction of sp³-hybridized carbons (Fsp3) is 0.222. The summed E-state index contributed by atoms with van der Waals surface area (Å²) in [7, 11) is 0. The highest BCUT2D eigenvalue weighted by atomic mass is 32.2. The Hall–Kier alpha value is -1.16. The number of guanidine groups is 1. The van der Waals surface area contributed by atoms with Crippen LogP contribution in [0.5, 0.6) is 0 Å². The van der Waals surface area contributed by atoms with Crippen LogP contribution in [0.2, 0.25) is 0 Å². The second kappa shape index (κ2) is 5.48. The van der Waals surface area contributed by atoms with Gasteiger partial charge in [-0.05, 0) is 5.56 Å². The van der Waals surface area contributed by atoms with Gasteiger partial charge in [0.25, 0.3) is 0 Å². The minimum Gasteiger partial charge on any atom is -0.370 e. The molecule has 0 atom stereocenters. The Balaban J connectivity index is 2.25. The molecule has 0 saturated carbocycles. The molecule has 70 valence electrons. The van der Waals surface area contributed by atoms with Crippen LogP contribution < -0.4 is 11.5 Å². The summed E-state index contributed by atoms with van der Waals surface area (Å²) < 4.78 is 0. The van der Waals surface area contributed by atoms with E-state index in [4.69, 9.17) is 11.5 Å². The lowest BCUT2D eigenvalue weighted by molar-refractivity contribution is 1.30. The Morgan fingerprint density at radius 2 is 1.92 bits per heavy atom. The summed E-state index contributed by atoms with van der Waals surface area (Å²) in [5.41, 5.74) is 11.7.